The second-order valence-corrected chi connectivity index (χ2v) is 14.8. The number of aliphatic hydroxyl groups excluding tert-OH is 2. The van der Waals surface area contributed by atoms with Gasteiger partial charge in [0, 0.05) is 6.42 Å². The van der Waals surface area contributed by atoms with Crippen molar-refractivity contribution in [3.05, 3.63) is 0 Å². The first kappa shape index (κ1) is 45.4. The molecule has 0 spiro atoms. The molecule has 0 saturated carbocycles. The molecule has 4 heteroatoms. The molecule has 0 unspecified atom stereocenters. The Morgan fingerprint density at radius 3 is 0.978 bits per heavy atom. The van der Waals surface area contributed by atoms with E-state index in [0.717, 1.165) is 25.7 Å². The maximum Gasteiger partial charge on any atom is 0.220 e. The fourth-order valence-corrected chi connectivity index (χ4v) is 6.83. The molecule has 0 rings (SSSR count). The van der Waals surface area contributed by atoms with E-state index in [1.807, 2.05) is 0 Å². The van der Waals surface area contributed by atoms with Gasteiger partial charge in [0.25, 0.3) is 0 Å². The van der Waals surface area contributed by atoms with Crippen LogP contribution in [0.1, 0.15) is 245 Å². The Hall–Kier alpha value is -0.610. The van der Waals surface area contributed by atoms with Crippen LogP contribution in [0.5, 0.6) is 0 Å². The quantitative estimate of drug-likeness (QED) is 0.0579. The van der Waals surface area contributed by atoms with Crippen LogP contribution in [-0.2, 0) is 4.79 Å². The summed E-state index contributed by atoms with van der Waals surface area (Å²) in [5.41, 5.74) is 0. The molecule has 3 N–H and O–H groups in total. The minimum Gasteiger partial charge on any atom is -0.394 e. The van der Waals surface area contributed by atoms with Gasteiger partial charge in [-0.2, -0.15) is 0 Å². The molecule has 46 heavy (non-hydrogen) atoms. The van der Waals surface area contributed by atoms with E-state index in [4.69, 9.17) is 0 Å². The number of amides is 1. The molecular formula is C42H85NO3. The molecule has 0 aliphatic heterocycles. The van der Waals surface area contributed by atoms with Gasteiger partial charge in [-0.1, -0.05) is 226 Å². The molecule has 4 nitrogen and oxygen atoms in total. The van der Waals surface area contributed by atoms with Crippen LogP contribution in [0.4, 0.5) is 0 Å². The highest BCUT2D eigenvalue weighted by molar-refractivity contribution is 5.76. The van der Waals surface area contributed by atoms with Crippen molar-refractivity contribution in [2.75, 3.05) is 6.61 Å². The van der Waals surface area contributed by atoms with Crippen LogP contribution in [0, 0.1) is 0 Å². The average Bonchev–Trinajstić information content (AvgIpc) is 3.06. The first-order valence-corrected chi connectivity index (χ1v) is 21.2. The number of carbonyl (C=O) groups excluding carboxylic acids is 1. The minimum absolute atomic E-state index is 0.0269. The Morgan fingerprint density at radius 2 is 0.696 bits per heavy atom. The van der Waals surface area contributed by atoms with Crippen molar-refractivity contribution in [1.29, 1.82) is 0 Å². The fraction of sp³-hybridized carbons (Fsp3) is 0.976. The van der Waals surface area contributed by atoms with Gasteiger partial charge in [-0.3, -0.25) is 4.79 Å². The highest BCUT2D eigenvalue weighted by Crippen LogP contribution is 2.17. The standard InChI is InChI=1S/C42H85NO3/c1-3-5-7-9-11-13-15-17-18-19-20-21-22-23-24-25-26-28-30-32-34-36-38-42(46)43-40(39-44)41(45)37-35-33-31-29-27-16-14-12-10-8-6-4-2/h40-41,44-45H,3-39H2,1-2H3,(H,43,46)/t40-,41+/m0/s1. The maximum absolute atomic E-state index is 12.4. The topological polar surface area (TPSA) is 69.6 Å². The van der Waals surface area contributed by atoms with Crippen molar-refractivity contribution >= 4 is 5.91 Å². The summed E-state index contributed by atoms with van der Waals surface area (Å²) in [7, 11) is 0. The zero-order valence-corrected chi connectivity index (χ0v) is 31.6. The first-order valence-electron chi connectivity index (χ1n) is 21.2. The van der Waals surface area contributed by atoms with Gasteiger partial charge in [0.2, 0.25) is 5.91 Å². The van der Waals surface area contributed by atoms with Crippen LogP contribution < -0.4 is 5.32 Å². The number of nitrogens with one attached hydrogen (secondary N) is 1. The van der Waals surface area contributed by atoms with Crippen molar-refractivity contribution in [3.8, 4) is 0 Å². The molecule has 0 aromatic heterocycles. The minimum atomic E-state index is -0.651. The molecule has 0 bridgehead atoms. The molecule has 0 aromatic rings. The summed E-state index contributed by atoms with van der Waals surface area (Å²) in [5.74, 6) is -0.0269. The largest absolute Gasteiger partial charge is 0.394 e. The van der Waals surface area contributed by atoms with Crippen LogP contribution >= 0.6 is 0 Å². The normalized spacial score (nSPS) is 12.9. The van der Waals surface area contributed by atoms with Crippen molar-refractivity contribution in [2.45, 2.75) is 257 Å². The summed E-state index contributed by atoms with van der Waals surface area (Å²) in [5, 5.41) is 23.1. The maximum atomic E-state index is 12.4. The lowest BCUT2D eigenvalue weighted by molar-refractivity contribution is -0.123. The molecule has 0 aliphatic carbocycles. The molecule has 0 aromatic carbocycles. The Labute approximate surface area is 289 Å². The van der Waals surface area contributed by atoms with E-state index in [9.17, 15) is 15.0 Å². The van der Waals surface area contributed by atoms with Crippen molar-refractivity contribution in [2.24, 2.45) is 0 Å². The summed E-state index contributed by atoms with van der Waals surface area (Å²) in [4.78, 5) is 12.4. The SMILES string of the molecule is CCCCCCCCCCCCCCCCCCCCCCCCC(=O)N[C@@H](CO)[C@H](O)CCCCCCCCCCCCCC. The number of hydrogen-bond donors (Lipinski definition) is 3. The predicted molar refractivity (Wildman–Crippen MR) is 203 cm³/mol. The monoisotopic (exact) mass is 652 g/mol. The summed E-state index contributed by atoms with van der Waals surface area (Å²) >= 11 is 0. The number of hydrogen-bond acceptors (Lipinski definition) is 3. The third kappa shape index (κ3) is 34.7. The molecule has 276 valence electrons. The molecule has 0 aliphatic rings. The zero-order chi connectivity index (χ0) is 33.6. The van der Waals surface area contributed by atoms with E-state index in [2.05, 4.69) is 19.2 Å². The van der Waals surface area contributed by atoms with Gasteiger partial charge >= 0.3 is 0 Å². The lowest BCUT2D eigenvalue weighted by Gasteiger charge is -2.22. The van der Waals surface area contributed by atoms with E-state index >= 15 is 0 Å². The molecule has 1 amide bonds. The molecule has 0 heterocycles. The first-order chi connectivity index (χ1) is 22.7. The van der Waals surface area contributed by atoms with E-state index in [1.54, 1.807) is 0 Å². The van der Waals surface area contributed by atoms with Gasteiger partial charge in [-0.05, 0) is 12.8 Å². The van der Waals surface area contributed by atoms with E-state index in [-0.39, 0.29) is 12.5 Å². The third-order valence-electron chi connectivity index (χ3n) is 10.1. The Morgan fingerprint density at radius 1 is 0.435 bits per heavy atom. The van der Waals surface area contributed by atoms with Crippen molar-refractivity contribution in [1.82, 2.24) is 5.32 Å². The number of aliphatic hydroxyl groups is 2. The second-order valence-electron chi connectivity index (χ2n) is 14.8. The lowest BCUT2D eigenvalue weighted by Crippen LogP contribution is -2.45. The Kier molecular flexibility index (Phi) is 38.3. The smallest absolute Gasteiger partial charge is 0.220 e. The highest BCUT2D eigenvalue weighted by atomic mass is 16.3. The van der Waals surface area contributed by atoms with Crippen LogP contribution in [0.2, 0.25) is 0 Å². The van der Waals surface area contributed by atoms with Gasteiger partial charge in [0.1, 0.15) is 0 Å². The van der Waals surface area contributed by atoms with Crippen LogP contribution in [0.25, 0.3) is 0 Å². The van der Waals surface area contributed by atoms with Crippen LogP contribution in [0.15, 0.2) is 0 Å². The van der Waals surface area contributed by atoms with Gasteiger partial charge in [-0.25, -0.2) is 0 Å². The van der Waals surface area contributed by atoms with Gasteiger partial charge in [0.05, 0.1) is 18.8 Å². The molecule has 0 radical (unpaired) electrons. The van der Waals surface area contributed by atoms with E-state index < -0.39 is 12.1 Å². The Balaban J connectivity index is 3.44. The zero-order valence-electron chi connectivity index (χ0n) is 31.6. The molecule has 0 saturated heterocycles. The van der Waals surface area contributed by atoms with Crippen molar-refractivity contribution in [3.63, 3.8) is 0 Å². The van der Waals surface area contributed by atoms with E-state index in [0.29, 0.717) is 12.8 Å². The van der Waals surface area contributed by atoms with Gasteiger partial charge in [-0.15, -0.1) is 0 Å². The number of carbonyl (C=O) groups is 1. The molecular weight excluding hydrogens is 566 g/mol. The predicted octanol–water partition coefficient (Wildman–Crippen LogP) is 12.9. The van der Waals surface area contributed by atoms with Gasteiger partial charge in [0.15, 0.2) is 0 Å². The van der Waals surface area contributed by atoms with E-state index in [1.165, 1.54) is 193 Å². The number of rotatable bonds is 39. The van der Waals surface area contributed by atoms with Gasteiger partial charge < -0.3 is 15.5 Å². The van der Waals surface area contributed by atoms with Crippen LogP contribution in [-0.4, -0.2) is 34.9 Å². The second kappa shape index (κ2) is 38.8. The average molecular weight is 652 g/mol. The summed E-state index contributed by atoms with van der Waals surface area (Å²) in [6.45, 7) is 4.37. The van der Waals surface area contributed by atoms with Crippen LogP contribution in [0.3, 0.4) is 0 Å². The van der Waals surface area contributed by atoms with Crippen molar-refractivity contribution < 1.29 is 15.0 Å². The number of unbranched alkanes of at least 4 members (excludes halogenated alkanes) is 32. The summed E-state index contributed by atoms with van der Waals surface area (Å²) in [6.07, 6.45) is 46.1. The summed E-state index contributed by atoms with van der Waals surface area (Å²) < 4.78 is 0. The summed E-state index contributed by atoms with van der Waals surface area (Å²) in [6, 6.07) is -0.528. The molecule has 0 fully saturated rings. The third-order valence-corrected chi connectivity index (χ3v) is 10.1. The molecule has 2 atom stereocenters. The lowest BCUT2D eigenvalue weighted by atomic mass is 10.0. The fourth-order valence-electron chi connectivity index (χ4n) is 6.83. The Bertz CT molecular complexity index is 583. The highest BCUT2D eigenvalue weighted by Gasteiger charge is 2.20.